The number of primary amides is 2. The molecule has 0 aliphatic carbocycles. The summed E-state index contributed by atoms with van der Waals surface area (Å²) < 4.78 is 0. The number of nitrogens with zero attached hydrogens (tertiary/aromatic N) is 2. The molecule has 0 heterocycles. The number of rotatable bonds is 1. The minimum atomic E-state index is -1.23. The molecule has 4 amide bonds. The van der Waals surface area contributed by atoms with Crippen LogP contribution in [0.25, 0.3) is 0 Å². The van der Waals surface area contributed by atoms with Gasteiger partial charge in [-0.25, -0.2) is 14.4 Å². The van der Waals surface area contributed by atoms with Gasteiger partial charge in [-0.2, -0.15) is 0 Å². The van der Waals surface area contributed by atoms with Crippen LogP contribution in [0.5, 0.6) is 0 Å². The van der Waals surface area contributed by atoms with Gasteiger partial charge in [0.25, 0.3) is 6.08 Å². The van der Waals surface area contributed by atoms with Crippen molar-refractivity contribution in [3.63, 3.8) is 0 Å². The molecule has 0 spiro atoms. The highest BCUT2D eigenvalue weighted by atomic mass is 16.2. The van der Waals surface area contributed by atoms with E-state index in [1.807, 2.05) is 0 Å². The highest BCUT2D eigenvalue weighted by Gasteiger charge is 2.13. The van der Waals surface area contributed by atoms with Crippen LogP contribution in [0.3, 0.4) is 0 Å². The Balaban J connectivity index is 4.41. The molecule has 0 aromatic rings. The quantitative estimate of drug-likeness (QED) is 0.270. The zero-order valence-corrected chi connectivity index (χ0v) is 4.77. The number of hydrogen-bond donors (Lipinski definition) is 2. The zero-order chi connectivity index (χ0) is 8.15. The van der Waals surface area contributed by atoms with Gasteiger partial charge in [-0.3, -0.25) is 0 Å². The highest BCUT2D eigenvalue weighted by molar-refractivity contribution is 5.91. The second kappa shape index (κ2) is 3.21. The summed E-state index contributed by atoms with van der Waals surface area (Å²) in [4.78, 5) is 29.7. The molecule has 0 aromatic carbocycles. The molecule has 0 aromatic heterocycles. The molecule has 0 aliphatic heterocycles. The lowest BCUT2D eigenvalue weighted by Crippen LogP contribution is -2.39. The van der Waals surface area contributed by atoms with Gasteiger partial charge in [-0.15, -0.1) is 5.01 Å². The van der Waals surface area contributed by atoms with Gasteiger partial charge in [-0.05, 0) is 0 Å². The fourth-order valence-corrected chi connectivity index (χ4v) is 0.248. The van der Waals surface area contributed by atoms with Crippen LogP contribution in [0.2, 0.25) is 0 Å². The van der Waals surface area contributed by atoms with Crippen molar-refractivity contribution >= 4 is 18.1 Å². The van der Waals surface area contributed by atoms with E-state index in [9.17, 15) is 14.4 Å². The molecule has 0 saturated carbocycles. The van der Waals surface area contributed by atoms with Crippen LogP contribution >= 0.6 is 0 Å². The summed E-state index contributed by atoms with van der Waals surface area (Å²) in [5.74, 6) is 0. The maximum atomic E-state index is 10.1. The summed E-state index contributed by atoms with van der Waals surface area (Å²) in [5, 5.41) is 2.59. The lowest BCUT2D eigenvalue weighted by atomic mass is 10.9. The maximum Gasteiger partial charge on any atom is 0.344 e. The molecule has 4 N–H and O–H groups in total. The lowest BCUT2D eigenvalue weighted by Gasteiger charge is -2.03. The molecule has 0 unspecified atom stereocenters. The van der Waals surface area contributed by atoms with Crippen LogP contribution in [0.1, 0.15) is 0 Å². The number of hydrazone groups is 1. The lowest BCUT2D eigenvalue weighted by molar-refractivity contribution is 0.199. The summed E-state index contributed by atoms with van der Waals surface area (Å²) in [6.45, 7) is 0. The third-order valence-corrected chi connectivity index (χ3v) is 0.558. The molecule has 7 heteroatoms. The first kappa shape index (κ1) is 8.12. The van der Waals surface area contributed by atoms with Gasteiger partial charge in [0, 0.05) is 0 Å². The molecule has 0 aliphatic rings. The summed E-state index contributed by atoms with van der Waals surface area (Å²) in [6, 6.07) is -2.45. The largest absolute Gasteiger partial charge is 0.350 e. The van der Waals surface area contributed by atoms with Gasteiger partial charge in [0.05, 0.1) is 0 Å². The fraction of sp³-hybridized carbons (Fsp3) is 0. The highest BCUT2D eigenvalue weighted by Crippen LogP contribution is 1.84. The van der Waals surface area contributed by atoms with Gasteiger partial charge in [0.2, 0.25) is 0 Å². The number of isocyanates is 1. The third-order valence-electron chi connectivity index (χ3n) is 0.558. The SMILES string of the molecule is NC(=O)N(N=C=O)C(N)=O. The number of urea groups is 2. The van der Waals surface area contributed by atoms with Gasteiger partial charge in [-0.1, -0.05) is 5.10 Å². The van der Waals surface area contributed by atoms with E-state index < -0.39 is 12.1 Å². The summed E-state index contributed by atoms with van der Waals surface area (Å²) >= 11 is 0. The Morgan fingerprint density at radius 3 is 1.80 bits per heavy atom. The van der Waals surface area contributed by atoms with E-state index in [0.717, 1.165) is 6.08 Å². The molecule has 7 nitrogen and oxygen atoms in total. The Morgan fingerprint density at radius 1 is 1.30 bits per heavy atom. The van der Waals surface area contributed by atoms with Crippen LogP contribution < -0.4 is 11.5 Å². The topological polar surface area (TPSA) is 119 Å². The molecule has 0 bridgehead atoms. The fourth-order valence-electron chi connectivity index (χ4n) is 0.248. The third kappa shape index (κ3) is 1.93. The monoisotopic (exact) mass is 144 g/mol. The average molecular weight is 144 g/mol. The van der Waals surface area contributed by atoms with Crippen LogP contribution in [-0.2, 0) is 4.79 Å². The van der Waals surface area contributed by atoms with Crippen molar-refractivity contribution in [2.45, 2.75) is 0 Å². The minimum absolute atomic E-state index is 0.00694. The molecule has 0 rings (SSSR count). The number of nitrogens with two attached hydrogens (primary N) is 2. The average Bonchev–Trinajstić information content (AvgIpc) is 1.81. The van der Waals surface area contributed by atoms with Crippen molar-refractivity contribution in [3.8, 4) is 0 Å². The summed E-state index contributed by atoms with van der Waals surface area (Å²) in [5.41, 5.74) is 9.07. The zero-order valence-electron chi connectivity index (χ0n) is 4.77. The van der Waals surface area contributed by atoms with Crippen LogP contribution in [-0.4, -0.2) is 23.2 Å². The molecule has 10 heavy (non-hydrogen) atoms. The molecular formula is C3H4N4O3. The Morgan fingerprint density at radius 2 is 1.70 bits per heavy atom. The summed E-state index contributed by atoms with van der Waals surface area (Å²) in [6.07, 6.45) is 0.930. The van der Waals surface area contributed by atoms with Crippen molar-refractivity contribution in [1.29, 1.82) is 0 Å². The van der Waals surface area contributed by atoms with E-state index in [1.165, 1.54) is 0 Å². The van der Waals surface area contributed by atoms with Gasteiger partial charge < -0.3 is 11.5 Å². The molecule has 0 fully saturated rings. The van der Waals surface area contributed by atoms with Crippen molar-refractivity contribution in [2.75, 3.05) is 0 Å². The number of carbonyl (C=O) groups excluding carboxylic acids is 3. The first-order valence-corrected chi connectivity index (χ1v) is 2.06. The van der Waals surface area contributed by atoms with E-state index in [4.69, 9.17) is 0 Å². The minimum Gasteiger partial charge on any atom is -0.350 e. The Hall–Kier alpha value is -1.88. The van der Waals surface area contributed by atoms with Crippen LogP contribution in [0, 0.1) is 0 Å². The van der Waals surface area contributed by atoms with Crippen molar-refractivity contribution in [1.82, 2.24) is 5.01 Å². The van der Waals surface area contributed by atoms with E-state index >= 15 is 0 Å². The van der Waals surface area contributed by atoms with E-state index in [1.54, 1.807) is 0 Å². The summed E-state index contributed by atoms with van der Waals surface area (Å²) in [7, 11) is 0. The smallest absolute Gasteiger partial charge is 0.344 e. The number of hydrogen-bond acceptors (Lipinski definition) is 4. The standard InChI is InChI=1S/C3H4N4O3/c4-2(9)7(3(5)10)6-1-8/h(H2,4,9)(H2,5,10). The first-order valence-electron chi connectivity index (χ1n) is 2.06. The molecular weight excluding hydrogens is 140 g/mol. The normalized spacial score (nSPS) is 7.60. The number of amides is 4. The number of carbonyl (C=O) groups is 2. The molecule has 0 radical (unpaired) electrons. The second-order valence-electron chi connectivity index (χ2n) is 1.18. The molecule has 54 valence electrons. The molecule has 0 atom stereocenters. The van der Waals surface area contributed by atoms with Gasteiger partial charge in [0.15, 0.2) is 0 Å². The molecule has 0 saturated heterocycles. The Kier molecular flexibility index (Phi) is 2.60. The van der Waals surface area contributed by atoms with Crippen molar-refractivity contribution in [2.24, 2.45) is 16.6 Å². The van der Waals surface area contributed by atoms with Crippen molar-refractivity contribution in [3.05, 3.63) is 0 Å². The van der Waals surface area contributed by atoms with Crippen molar-refractivity contribution < 1.29 is 14.4 Å². The predicted octanol–water partition coefficient (Wildman–Crippen LogP) is -1.30. The first-order chi connectivity index (χ1) is 4.59. The number of imide groups is 1. The maximum absolute atomic E-state index is 10.1. The Labute approximate surface area is 55.3 Å². The van der Waals surface area contributed by atoms with Gasteiger partial charge in [0.1, 0.15) is 0 Å². The van der Waals surface area contributed by atoms with Crippen LogP contribution in [0.4, 0.5) is 9.59 Å². The Bertz CT molecular complexity index is 189. The predicted molar refractivity (Wildman–Crippen MR) is 29.1 cm³/mol. The van der Waals surface area contributed by atoms with E-state index in [2.05, 4.69) is 16.6 Å². The van der Waals surface area contributed by atoms with Crippen LogP contribution in [0.15, 0.2) is 5.10 Å². The second-order valence-corrected chi connectivity index (χ2v) is 1.18. The van der Waals surface area contributed by atoms with E-state index in [0.29, 0.717) is 0 Å². The van der Waals surface area contributed by atoms with E-state index in [-0.39, 0.29) is 5.01 Å². The van der Waals surface area contributed by atoms with Gasteiger partial charge >= 0.3 is 12.1 Å².